The lowest BCUT2D eigenvalue weighted by molar-refractivity contribution is -0.120. The predicted molar refractivity (Wildman–Crippen MR) is 119 cm³/mol. The molecule has 0 radical (unpaired) electrons. The van der Waals surface area contributed by atoms with Crippen LogP contribution in [-0.2, 0) is 11.3 Å². The van der Waals surface area contributed by atoms with Crippen LogP contribution in [0.2, 0.25) is 0 Å². The minimum absolute atomic E-state index is 0.00723. The molecule has 0 aliphatic heterocycles. The number of benzene rings is 2. The maximum absolute atomic E-state index is 12.6. The Morgan fingerprint density at radius 1 is 1.10 bits per heavy atom. The fourth-order valence-corrected chi connectivity index (χ4v) is 3.86. The average Bonchev–Trinajstić information content (AvgIpc) is 3.15. The number of carbonyl (C=O) groups is 1. The summed E-state index contributed by atoms with van der Waals surface area (Å²) in [4.78, 5) is 12.6. The number of aromatic nitrogens is 3. The third kappa shape index (κ3) is 5.35. The van der Waals surface area contributed by atoms with Crippen molar-refractivity contribution in [2.75, 3.05) is 6.54 Å². The monoisotopic (exact) mass is 406 g/mol. The zero-order valence-electron chi connectivity index (χ0n) is 16.8. The number of nitrogens with zero attached hydrogens (tertiary/aromatic N) is 3. The topological polar surface area (TPSA) is 59.8 Å². The quantitative estimate of drug-likeness (QED) is 0.419. The average molecular weight is 407 g/mol. The molecule has 1 amide bonds. The van der Waals surface area contributed by atoms with Gasteiger partial charge in [-0.05, 0) is 18.4 Å². The van der Waals surface area contributed by atoms with Crippen LogP contribution in [0.1, 0.15) is 25.3 Å². The Kier molecular flexibility index (Phi) is 7.25. The van der Waals surface area contributed by atoms with Crippen molar-refractivity contribution < 1.29 is 4.79 Å². The Labute approximate surface area is 176 Å². The summed E-state index contributed by atoms with van der Waals surface area (Å²) in [5.74, 6) is 1.02. The molecule has 150 valence electrons. The van der Waals surface area contributed by atoms with Crippen LogP contribution in [0.3, 0.4) is 0 Å². The van der Waals surface area contributed by atoms with Gasteiger partial charge in [-0.25, -0.2) is 0 Å². The van der Waals surface area contributed by atoms with E-state index in [1.165, 1.54) is 17.3 Å². The van der Waals surface area contributed by atoms with Crippen molar-refractivity contribution >= 4 is 17.7 Å². The molecule has 0 bridgehead atoms. The molecule has 3 aromatic rings. The van der Waals surface area contributed by atoms with Gasteiger partial charge in [0, 0.05) is 18.7 Å². The number of nitrogens with one attached hydrogen (secondary N) is 1. The van der Waals surface area contributed by atoms with E-state index in [1.807, 2.05) is 66.1 Å². The Morgan fingerprint density at radius 2 is 1.76 bits per heavy atom. The van der Waals surface area contributed by atoms with Crippen molar-refractivity contribution in [3.05, 3.63) is 78.9 Å². The first-order valence-corrected chi connectivity index (χ1v) is 10.6. The summed E-state index contributed by atoms with van der Waals surface area (Å²) in [6.45, 7) is 9.02. The van der Waals surface area contributed by atoms with E-state index in [1.54, 1.807) is 0 Å². The second-order valence-electron chi connectivity index (χ2n) is 6.89. The van der Waals surface area contributed by atoms with E-state index in [4.69, 9.17) is 0 Å². The zero-order valence-corrected chi connectivity index (χ0v) is 17.6. The molecule has 5 nitrogen and oxygen atoms in total. The Balaban J connectivity index is 1.65. The number of hydrogen-bond acceptors (Lipinski definition) is 4. The lowest BCUT2D eigenvalue weighted by Gasteiger charge is -2.16. The van der Waals surface area contributed by atoms with Crippen LogP contribution in [0.15, 0.2) is 78.5 Å². The molecule has 0 aliphatic rings. The highest BCUT2D eigenvalue weighted by atomic mass is 32.2. The second kappa shape index (κ2) is 10.1. The van der Waals surface area contributed by atoms with Gasteiger partial charge in [0.2, 0.25) is 5.91 Å². The number of thioether (sulfide) groups is 1. The van der Waals surface area contributed by atoms with Crippen LogP contribution in [0.4, 0.5) is 0 Å². The molecule has 1 aromatic heterocycles. The summed E-state index contributed by atoms with van der Waals surface area (Å²) >= 11 is 1.41. The molecule has 0 spiro atoms. The molecule has 0 aliphatic carbocycles. The maximum atomic E-state index is 12.6. The minimum atomic E-state index is -0.283. The van der Waals surface area contributed by atoms with Gasteiger partial charge in [-0.2, -0.15) is 0 Å². The van der Waals surface area contributed by atoms with E-state index in [2.05, 4.69) is 41.1 Å². The normalized spacial score (nSPS) is 12.9. The SMILES string of the molecule is C=CCn1c(SC(C)C(=O)NCC(C)c2ccccc2)nnc1-c1ccccc1. The Hall–Kier alpha value is -2.86. The van der Waals surface area contributed by atoms with Crippen molar-refractivity contribution in [2.24, 2.45) is 0 Å². The van der Waals surface area contributed by atoms with Crippen LogP contribution < -0.4 is 5.32 Å². The number of rotatable bonds is 9. The van der Waals surface area contributed by atoms with E-state index < -0.39 is 0 Å². The van der Waals surface area contributed by atoms with Gasteiger partial charge >= 0.3 is 0 Å². The summed E-state index contributed by atoms with van der Waals surface area (Å²) in [5, 5.41) is 12.1. The molecule has 0 fully saturated rings. The van der Waals surface area contributed by atoms with Gasteiger partial charge < -0.3 is 5.32 Å². The summed E-state index contributed by atoms with van der Waals surface area (Å²) < 4.78 is 1.99. The molecule has 1 N–H and O–H groups in total. The Bertz CT molecular complexity index is 940. The predicted octanol–water partition coefficient (Wildman–Crippen LogP) is 4.53. The van der Waals surface area contributed by atoms with Crippen LogP contribution >= 0.6 is 11.8 Å². The molecule has 2 aromatic carbocycles. The van der Waals surface area contributed by atoms with Crippen LogP contribution in [0.25, 0.3) is 11.4 Å². The lowest BCUT2D eigenvalue weighted by atomic mass is 10.0. The molecule has 29 heavy (non-hydrogen) atoms. The first-order valence-electron chi connectivity index (χ1n) is 9.69. The molecule has 0 saturated carbocycles. The standard InChI is InChI=1S/C23H26N4OS/c1-4-15-27-21(20-13-9-6-10-14-20)25-26-23(27)29-18(3)22(28)24-16-17(2)19-11-7-5-8-12-19/h4-14,17-18H,1,15-16H2,2-3H3,(H,24,28). The fourth-order valence-electron chi connectivity index (χ4n) is 2.98. The molecule has 2 unspecified atom stereocenters. The van der Waals surface area contributed by atoms with E-state index in [9.17, 15) is 4.79 Å². The summed E-state index contributed by atoms with van der Waals surface area (Å²) in [5.41, 5.74) is 2.20. The first-order chi connectivity index (χ1) is 14.1. The van der Waals surface area contributed by atoms with Crippen molar-refractivity contribution in [3.8, 4) is 11.4 Å². The van der Waals surface area contributed by atoms with Crippen LogP contribution in [0, 0.1) is 0 Å². The van der Waals surface area contributed by atoms with E-state index in [0.717, 1.165) is 11.4 Å². The van der Waals surface area contributed by atoms with Gasteiger partial charge in [-0.3, -0.25) is 9.36 Å². The van der Waals surface area contributed by atoms with Gasteiger partial charge in [0.1, 0.15) is 0 Å². The van der Waals surface area contributed by atoms with E-state index >= 15 is 0 Å². The highest BCUT2D eigenvalue weighted by Gasteiger charge is 2.20. The van der Waals surface area contributed by atoms with Gasteiger partial charge in [0.05, 0.1) is 5.25 Å². The van der Waals surface area contributed by atoms with Crippen LogP contribution in [0.5, 0.6) is 0 Å². The maximum Gasteiger partial charge on any atom is 0.233 e. The molecule has 6 heteroatoms. The van der Waals surface area contributed by atoms with Crippen molar-refractivity contribution in [3.63, 3.8) is 0 Å². The van der Waals surface area contributed by atoms with Gasteiger partial charge in [0.25, 0.3) is 0 Å². The first kappa shape index (κ1) is 20.9. The number of allylic oxidation sites excluding steroid dienone is 1. The molecular formula is C23H26N4OS. The van der Waals surface area contributed by atoms with Crippen LogP contribution in [-0.4, -0.2) is 32.5 Å². The van der Waals surface area contributed by atoms with Crippen molar-refractivity contribution in [1.29, 1.82) is 0 Å². The molecular weight excluding hydrogens is 380 g/mol. The lowest BCUT2D eigenvalue weighted by Crippen LogP contribution is -2.33. The molecule has 0 saturated heterocycles. The second-order valence-corrected chi connectivity index (χ2v) is 8.20. The van der Waals surface area contributed by atoms with E-state index in [-0.39, 0.29) is 17.1 Å². The Morgan fingerprint density at radius 3 is 2.41 bits per heavy atom. The van der Waals surface area contributed by atoms with E-state index in [0.29, 0.717) is 18.2 Å². The molecule has 3 rings (SSSR count). The molecule has 1 heterocycles. The third-order valence-corrected chi connectivity index (χ3v) is 5.74. The summed E-state index contributed by atoms with van der Waals surface area (Å²) in [6.07, 6.45) is 1.81. The third-order valence-electron chi connectivity index (χ3n) is 4.66. The molecule has 2 atom stereocenters. The summed E-state index contributed by atoms with van der Waals surface area (Å²) in [6, 6.07) is 20.1. The highest BCUT2D eigenvalue weighted by molar-refractivity contribution is 8.00. The number of amides is 1. The largest absolute Gasteiger partial charge is 0.355 e. The smallest absolute Gasteiger partial charge is 0.233 e. The zero-order chi connectivity index (χ0) is 20.6. The van der Waals surface area contributed by atoms with Gasteiger partial charge in [0.15, 0.2) is 11.0 Å². The number of carbonyl (C=O) groups excluding carboxylic acids is 1. The van der Waals surface area contributed by atoms with Gasteiger partial charge in [-0.15, -0.1) is 16.8 Å². The highest BCUT2D eigenvalue weighted by Crippen LogP contribution is 2.27. The van der Waals surface area contributed by atoms with Crippen molar-refractivity contribution in [2.45, 2.75) is 36.7 Å². The summed E-state index contributed by atoms with van der Waals surface area (Å²) in [7, 11) is 0. The fraction of sp³-hybridized carbons (Fsp3) is 0.261. The van der Waals surface area contributed by atoms with Crippen molar-refractivity contribution in [1.82, 2.24) is 20.1 Å². The number of hydrogen-bond donors (Lipinski definition) is 1. The minimum Gasteiger partial charge on any atom is -0.355 e. The van der Waals surface area contributed by atoms with Gasteiger partial charge in [-0.1, -0.05) is 85.4 Å².